The monoisotopic (exact) mass is 291 g/mol. The summed E-state index contributed by atoms with van der Waals surface area (Å²) < 4.78 is 6.31. The highest BCUT2D eigenvalue weighted by Crippen LogP contribution is 2.47. The van der Waals surface area contributed by atoms with Gasteiger partial charge in [0.15, 0.2) is 0 Å². The first kappa shape index (κ1) is 16.4. The van der Waals surface area contributed by atoms with E-state index >= 15 is 0 Å². The van der Waals surface area contributed by atoms with Crippen molar-refractivity contribution in [2.24, 2.45) is 5.41 Å². The Balaban J connectivity index is 2.29. The van der Waals surface area contributed by atoms with E-state index in [4.69, 9.17) is 4.74 Å². The van der Waals surface area contributed by atoms with Crippen LogP contribution in [0.25, 0.3) is 0 Å². The molecule has 1 fully saturated rings. The van der Waals surface area contributed by atoms with E-state index in [1.807, 2.05) is 12.4 Å². The lowest BCUT2D eigenvalue weighted by Crippen LogP contribution is -2.49. The highest BCUT2D eigenvalue weighted by atomic mass is 16.5. The van der Waals surface area contributed by atoms with E-state index in [-0.39, 0.29) is 11.6 Å². The Hall–Kier alpha value is -1.00. The summed E-state index contributed by atoms with van der Waals surface area (Å²) in [4.78, 5) is 8.39. The molecule has 118 valence electrons. The fraction of sp³-hybridized carbons (Fsp3) is 0.765. The smallest absolute Gasteiger partial charge is 0.115 e. The molecular formula is C17H29N3O. The molecular weight excluding hydrogens is 262 g/mol. The summed E-state index contributed by atoms with van der Waals surface area (Å²) >= 11 is 0. The zero-order valence-corrected chi connectivity index (χ0v) is 13.9. The lowest BCUT2D eigenvalue weighted by Gasteiger charge is -2.47. The average molecular weight is 291 g/mol. The molecule has 0 aromatic carbocycles. The zero-order valence-electron chi connectivity index (χ0n) is 13.9. The molecule has 0 spiro atoms. The number of aromatic nitrogens is 2. The van der Waals surface area contributed by atoms with Crippen LogP contribution in [0.3, 0.4) is 0 Å². The number of ether oxygens (including phenoxy) is 1. The third-order valence-corrected chi connectivity index (χ3v) is 4.73. The topological polar surface area (TPSA) is 47.0 Å². The predicted molar refractivity (Wildman–Crippen MR) is 85.1 cm³/mol. The van der Waals surface area contributed by atoms with Gasteiger partial charge < -0.3 is 10.1 Å². The Kier molecular flexibility index (Phi) is 5.33. The molecule has 1 unspecified atom stereocenters. The van der Waals surface area contributed by atoms with Crippen molar-refractivity contribution < 1.29 is 4.74 Å². The molecule has 21 heavy (non-hydrogen) atoms. The van der Waals surface area contributed by atoms with Crippen molar-refractivity contribution in [1.29, 1.82) is 0 Å². The van der Waals surface area contributed by atoms with E-state index in [9.17, 15) is 0 Å². The minimum atomic E-state index is -0.134. The van der Waals surface area contributed by atoms with Crippen molar-refractivity contribution in [3.8, 4) is 0 Å². The molecule has 1 N–H and O–H groups in total. The zero-order chi connectivity index (χ0) is 15.3. The van der Waals surface area contributed by atoms with Crippen molar-refractivity contribution >= 4 is 0 Å². The highest BCUT2D eigenvalue weighted by molar-refractivity contribution is 5.16. The Morgan fingerprint density at radius 3 is 2.29 bits per heavy atom. The van der Waals surface area contributed by atoms with Gasteiger partial charge in [-0.1, -0.05) is 20.8 Å². The van der Waals surface area contributed by atoms with Gasteiger partial charge in [-0.15, -0.1) is 0 Å². The Morgan fingerprint density at radius 1 is 1.14 bits per heavy atom. The molecule has 0 bridgehead atoms. The van der Waals surface area contributed by atoms with E-state index < -0.39 is 0 Å². The van der Waals surface area contributed by atoms with Gasteiger partial charge >= 0.3 is 0 Å². The second kappa shape index (κ2) is 6.84. The SMILES string of the molecule is CCNC(c1cncnc1)C1(OCC)CCC(C)(C)CC1. The quantitative estimate of drug-likeness (QED) is 0.871. The molecule has 0 amide bonds. The normalized spacial score (nSPS) is 21.9. The maximum absolute atomic E-state index is 6.31. The predicted octanol–water partition coefficient (Wildman–Crippen LogP) is 3.50. The maximum Gasteiger partial charge on any atom is 0.115 e. The summed E-state index contributed by atoms with van der Waals surface area (Å²) in [6, 6.07) is 0.166. The van der Waals surface area contributed by atoms with Crippen LogP contribution in [0.2, 0.25) is 0 Å². The van der Waals surface area contributed by atoms with Gasteiger partial charge in [0.1, 0.15) is 6.33 Å². The largest absolute Gasteiger partial charge is 0.373 e. The summed E-state index contributed by atoms with van der Waals surface area (Å²) in [6.45, 7) is 10.6. The number of hydrogen-bond donors (Lipinski definition) is 1. The molecule has 2 rings (SSSR count). The molecule has 1 aromatic heterocycles. The molecule has 1 atom stereocenters. The fourth-order valence-corrected chi connectivity index (χ4v) is 3.43. The first-order valence-corrected chi connectivity index (χ1v) is 8.15. The van der Waals surface area contributed by atoms with Crippen LogP contribution in [0.1, 0.15) is 65.0 Å². The van der Waals surface area contributed by atoms with Gasteiger partial charge in [-0.25, -0.2) is 9.97 Å². The van der Waals surface area contributed by atoms with E-state index in [1.54, 1.807) is 6.33 Å². The van der Waals surface area contributed by atoms with Crippen molar-refractivity contribution in [2.45, 2.75) is 65.0 Å². The van der Waals surface area contributed by atoms with Crippen LogP contribution in [0.5, 0.6) is 0 Å². The molecule has 1 aliphatic rings. The first-order valence-electron chi connectivity index (χ1n) is 8.15. The molecule has 4 nitrogen and oxygen atoms in total. The van der Waals surface area contributed by atoms with Crippen LogP contribution in [-0.2, 0) is 4.74 Å². The number of likely N-dealkylation sites (N-methyl/N-ethyl adjacent to an activating group) is 1. The van der Waals surface area contributed by atoms with E-state index in [0.29, 0.717) is 5.41 Å². The standard InChI is InChI=1S/C17H29N3O/c1-5-20-15(14-11-18-13-19-12-14)17(21-6-2)9-7-16(3,4)8-10-17/h11-13,15,20H,5-10H2,1-4H3. The molecule has 0 saturated heterocycles. The van der Waals surface area contributed by atoms with Crippen LogP contribution in [0, 0.1) is 5.41 Å². The highest BCUT2D eigenvalue weighted by Gasteiger charge is 2.45. The van der Waals surface area contributed by atoms with Crippen molar-refractivity contribution in [1.82, 2.24) is 15.3 Å². The number of rotatable bonds is 6. The van der Waals surface area contributed by atoms with E-state index in [1.165, 1.54) is 12.8 Å². The lowest BCUT2D eigenvalue weighted by atomic mass is 9.67. The summed E-state index contributed by atoms with van der Waals surface area (Å²) in [5.41, 5.74) is 1.42. The van der Waals surface area contributed by atoms with Gasteiger partial charge in [-0.3, -0.25) is 0 Å². The third kappa shape index (κ3) is 3.80. The van der Waals surface area contributed by atoms with Gasteiger partial charge in [0.2, 0.25) is 0 Å². The van der Waals surface area contributed by atoms with Gasteiger partial charge in [-0.2, -0.15) is 0 Å². The summed E-state index contributed by atoms with van der Waals surface area (Å²) in [6.07, 6.45) is 9.98. The average Bonchev–Trinajstić information content (AvgIpc) is 2.49. The van der Waals surface area contributed by atoms with Crippen molar-refractivity contribution in [3.63, 3.8) is 0 Å². The van der Waals surface area contributed by atoms with Crippen LogP contribution >= 0.6 is 0 Å². The van der Waals surface area contributed by atoms with Gasteiger partial charge in [0, 0.05) is 24.6 Å². The summed E-state index contributed by atoms with van der Waals surface area (Å²) in [5, 5.41) is 3.62. The molecule has 1 heterocycles. The van der Waals surface area contributed by atoms with Crippen molar-refractivity contribution in [2.75, 3.05) is 13.2 Å². The molecule has 0 aliphatic heterocycles. The maximum atomic E-state index is 6.31. The Morgan fingerprint density at radius 2 is 1.76 bits per heavy atom. The molecule has 1 aromatic rings. The number of nitrogens with zero attached hydrogens (tertiary/aromatic N) is 2. The summed E-state index contributed by atoms with van der Waals surface area (Å²) in [7, 11) is 0. The Bertz CT molecular complexity index is 423. The number of hydrogen-bond acceptors (Lipinski definition) is 4. The van der Waals surface area contributed by atoms with Crippen LogP contribution < -0.4 is 5.32 Å². The summed E-state index contributed by atoms with van der Waals surface area (Å²) in [5.74, 6) is 0. The van der Waals surface area contributed by atoms with Crippen molar-refractivity contribution in [3.05, 3.63) is 24.3 Å². The number of nitrogens with one attached hydrogen (secondary N) is 1. The second-order valence-corrected chi connectivity index (χ2v) is 6.82. The minimum Gasteiger partial charge on any atom is -0.373 e. The molecule has 0 radical (unpaired) electrons. The van der Waals surface area contributed by atoms with Gasteiger partial charge in [0.05, 0.1) is 11.6 Å². The lowest BCUT2D eigenvalue weighted by molar-refractivity contribution is -0.107. The fourth-order valence-electron chi connectivity index (χ4n) is 3.43. The molecule has 1 aliphatic carbocycles. The van der Waals surface area contributed by atoms with Gasteiger partial charge in [-0.05, 0) is 44.6 Å². The van der Waals surface area contributed by atoms with Crippen LogP contribution in [0.15, 0.2) is 18.7 Å². The first-order chi connectivity index (χ1) is 10.0. The van der Waals surface area contributed by atoms with Crippen LogP contribution in [0.4, 0.5) is 0 Å². The third-order valence-electron chi connectivity index (χ3n) is 4.73. The Labute approximate surface area is 128 Å². The van der Waals surface area contributed by atoms with E-state index in [2.05, 4.69) is 43.0 Å². The molecule has 4 heteroatoms. The minimum absolute atomic E-state index is 0.134. The molecule has 1 saturated carbocycles. The van der Waals surface area contributed by atoms with Gasteiger partial charge in [0.25, 0.3) is 0 Å². The van der Waals surface area contributed by atoms with Crippen LogP contribution in [-0.4, -0.2) is 28.7 Å². The second-order valence-electron chi connectivity index (χ2n) is 6.82. The van der Waals surface area contributed by atoms with E-state index in [0.717, 1.165) is 31.6 Å².